The Balaban J connectivity index is 2.06. The molecule has 3 rings (SSSR count). The Hall–Kier alpha value is -2.46. The average molecular weight is 451 g/mol. The number of aryl methyl sites for hydroxylation is 1. The number of hydrogen-bond donors (Lipinski definition) is 1. The molecule has 2 aromatic heterocycles. The monoisotopic (exact) mass is 450 g/mol. The fourth-order valence-corrected chi connectivity index (χ4v) is 4.89. The lowest BCUT2D eigenvalue weighted by atomic mass is 9.78. The second kappa shape index (κ2) is 8.58. The largest absolute Gasteiger partial charge is 0.443 e. The third-order valence-electron chi connectivity index (χ3n) is 5.48. The summed E-state index contributed by atoms with van der Waals surface area (Å²) in [6.45, 7) is 9.77. The van der Waals surface area contributed by atoms with E-state index in [0.717, 1.165) is 24.8 Å². The van der Waals surface area contributed by atoms with Gasteiger partial charge in [0, 0.05) is 12.6 Å². The quantitative estimate of drug-likeness (QED) is 0.538. The number of carbonyl (C=O) groups is 1. The summed E-state index contributed by atoms with van der Waals surface area (Å²) < 4.78 is 13.4. The van der Waals surface area contributed by atoms with Crippen molar-refractivity contribution in [2.75, 3.05) is 13.7 Å². The zero-order chi connectivity index (χ0) is 23.0. The Morgan fingerprint density at radius 3 is 2.55 bits per heavy atom. The lowest BCUT2D eigenvalue weighted by Crippen LogP contribution is -2.53. The second-order valence-electron chi connectivity index (χ2n) is 9.06. The number of carbonyl (C=O) groups excluding carboxylic acids is 1. The highest BCUT2D eigenvalue weighted by Gasteiger charge is 2.37. The molecule has 0 aromatic carbocycles. The first-order valence-corrected chi connectivity index (χ1v) is 11.1. The van der Waals surface area contributed by atoms with Crippen LogP contribution in [0.15, 0.2) is 14.7 Å². The second-order valence-corrected chi connectivity index (χ2v) is 10.1. The van der Waals surface area contributed by atoms with E-state index in [-0.39, 0.29) is 11.2 Å². The molecule has 1 fully saturated rings. The predicted molar refractivity (Wildman–Crippen MR) is 121 cm³/mol. The molecule has 2 heterocycles. The summed E-state index contributed by atoms with van der Waals surface area (Å²) in [5, 5.41) is 4.47. The highest BCUT2D eigenvalue weighted by molar-refractivity contribution is 7.20. The van der Waals surface area contributed by atoms with Crippen molar-refractivity contribution in [2.45, 2.75) is 71.6 Å². The summed E-state index contributed by atoms with van der Waals surface area (Å²) >= 11 is 1.29. The Morgan fingerprint density at radius 1 is 1.32 bits per heavy atom. The SMILES string of the molecule is COCCn1c(=O)n(C2(C)CCC2)c(=O)c2c(C)c(C=NNC(=O)OC(C)(C)C)sc21. The van der Waals surface area contributed by atoms with E-state index in [1.165, 1.54) is 22.1 Å². The van der Waals surface area contributed by atoms with E-state index < -0.39 is 17.2 Å². The van der Waals surface area contributed by atoms with Crippen LogP contribution in [-0.2, 0) is 21.6 Å². The van der Waals surface area contributed by atoms with Gasteiger partial charge >= 0.3 is 11.8 Å². The fourth-order valence-electron chi connectivity index (χ4n) is 3.70. The highest BCUT2D eigenvalue weighted by Crippen LogP contribution is 2.37. The van der Waals surface area contributed by atoms with Gasteiger partial charge in [-0.3, -0.25) is 13.9 Å². The number of aromatic nitrogens is 2. The molecular weight excluding hydrogens is 420 g/mol. The summed E-state index contributed by atoms with van der Waals surface area (Å²) in [5.41, 5.74) is 1.38. The molecule has 170 valence electrons. The van der Waals surface area contributed by atoms with Gasteiger partial charge in [-0.2, -0.15) is 5.10 Å². The molecule has 0 spiro atoms. The number of rotatable bonds is 6. The van der Waals surface area contributed by atoms with E-state index in [4.69, 9.17) is 9.47 Å². The highest BCUT2D eigenvalue weighted by atomic mass is 32.1. The van der Waals surface area contributed by atoms with E-state index >= 15 is 0 Å². The Morgan fingerprint density at radius 2 is 2.00 bits per heavy atom. The van der Waals surface area contributed by atoms with Crippen LogP contribution in [0.2, 0.25) is 0 Å². The van der Waals surface area contributed by atoms with Crippen molar-refractivity contribution < 1.29 is 14.3 Å². The maximum atomic E-state index is 13.4. The molecule has 2 aromatic rings. The number of fused-ring (bicyclic) bond motifs is 1. The summed E-state index contributed by atoms with van der Waals surface area (Å²) in [6, 6.07) is 0. The third kappa shape index (κ3) is 4.59. The van der Waals surface area contributed by atoms with Gasteiger partial charge in [0.2, 0.25) is 0 Å². The molecule has 31 heavy (non-hydrogen) atoms. The first kappa shape index (κ1) is 23.2. The van der Waals surface area contributed by atoms with Crippen molar-refractivity contribution in [1.29, 1.82) is 0 Å². The molecule has 9 nitrogen and oxygen atoms in total. The smallest absolute Gasteiger partial charge is 0.428 e. The van der Waals surface area contributed by atoms with E-state index in [1.54, 1.807) is 32.4 Å². The van der Waals surface area contributed by atoms with E-state index in [9.17, 15) is 14.4 Å². The standard InChI is InChI=1S/C21H30N4O5S/c1-13-14(12-22-23-18(27)30-20(2,3)4)31-17-15(13)16(26)25(21(5)8-7-9-21)19(28)24(17)10-11-29-6/h12H,7-11H2,1-6H3,(H,23,27). The van der Waals surface area contributed by atoms with Crippen molar-refractivity contribution in [3.05, 3.63) is 31.3 Å². The van der Waals surface area contributed by atoms with Gasteiger partial charge in [0.25, 0.3) is 5.56 Å². The minimum atomic E-state index is -0.667. The minimum Gasteiger partial charge on any atom is -0.443 e. The molecule has 1 N–H and O–H groups in total. The van der Waals surface area contributed by atoms with Crippen LogP contribution >= 0.6 is 11.3 Å². The summed E-state index contributed by atoms with van der Waals surface area (Å²) in [6.07, 6.45) is 3.41. The first-order chi connectivity index (χ1) is 14.5. The molecule has 0 saturated heterocycles. The number of amides is 1. The normalized spacial score (nSPS) is 15.9. The summed E-state index contributed by atoms with van der Waals surface area (Å²) in [7, 11) is 1.57. The topological polar surface area (TPSA) is 104 Å². The Labute approximate surface area is 184 Å². The molecule has 0 radical (unpaired) electrons. The van der Waals surface area contributed by atoms with Gasteiger partial charge in [-0.15, -0.1) is 11.3 Å². The zero-order valence-electron chi connectivity index (χ0n) is 18.9. The van der Waals surface area contributed by atoms with Crippen LogP contribution in [0.3, 0.4) is 0 Å². The number of hydrazone groups is 1. The molecule has 10 heteroatoms. The van der Waals surface area contributed by atoms with Gasteiger partial charge in [-0.25, -0.2) is 15.0 Å². The fraction of sp³-hybridized carbons (Fsp3) is 0.619. The maximum absolute atomic E-state index is 13.4. The van der Waals surface area contributed by atoms with E-state index in [1.807, 2.05) is 13.8 Å². The zero-order valence-corrected chi connectivity index (χ0v) is 19.7. The van der Waals surface area contributed by atoms with Crippen LogP contribution in [0.5, 0.6) is 0 Å². The molecule has 0 aliphatic heterocycles. The molecule has 1 amide bonds. The van der Waals surface area contributed by atoms with Crippen molar-refractivity contribution in [3.63, 3.8) is 0 Å². The number of methoxy groups -OCH3 is 1. The van der Waals surface area contributed by atoms with E-state index in [0.29, 0.717) is 28.2 Å². The molecule has 1 aliphatic rings. The third-order valence-corrected chi connectivity index (χ3v) is 6.72. The van der Waals surface area contributed by atoms with Crippen LogP contribution < -0.4 is 16.7 Å². The molecule has 0 unspecified atom stereocenters. The average Bonchev–Trinajstić information content (AvgIpc) is 2.95. The van der Waals surface area contributed by atoms with Crippen molar-refractivity contribution in [1.82, 2.24) is 14.6 Å². The van der Waals surface area contributed by atoms with E-state index in [2.05, 4.69) is 10.5 Å². The number of nitrogens with zero attached hydrogens (tertiary/aromatic N) is 3. The molecule has 1 saturated carbocycles. The van der Waals surface area contributed by atoms with Crippen molar-refractivity contribution >= 4 is 33.9 Å². The number of ether oxygens (including phenoxy) is 2. The van der Waals surface area contributed by atoms with Gasteiger partial charge in [0.05, 0.1) is 29.6 Å². The predicted octanol–water partition coefficient (Wildman–Crippen LogP) is 2.94. The van der Waals surface area contributed by atoms with Gasteiger partial charge in [-0.1, -0.05) is 0 Å². The van der Waals surface area contributed by atoms with Crippen LogP contribution in [0.4, 0.5) is 4.79 Å². The molecule has 0 bridgehead atoms. The summed E-state index contributed by atoms with van der Waals surface area (Å²) in [5.74, 6) is 0. The van der Waals surface area contributed by atoms with Crippen LogP contribution in [0.1, 0.15) is 57.4 Å². The molecular formula is C21H30N4O5S. The van der Waals surface area contributed by atoms with Gasteiger partial charge in [0.15, 0.2) is 0 Å². The lowest BCUT2D eigenvalue weighted by Gasteiger charge is -2.39. The maximum Gasteiger partial charge on any atom is 0.428 e. The minimum absolute atomic E-state index is 0.274. The number of hydrogen-bond acceptors (Lipinski definition) is 7. The van der Waals surface area contributed by atoms with Crippen molar-refractivity contribution in [2.24, 2.45) is 5.10 Å². The Kier molecular flexibility index (Phi) is 6.43. The molecule has 0 atom stereocenters. The van der Waals surface area contributed by atoms with Crippen molar-refractivity contribution in [3.8, 4) is 0 Å². The Bertz CT molecular complexity index is 1130. The summed E-state index contributed by atoms with van der Waals surface area (Å²) in [4.78, 5) is 39.7. The van der Waals surface area contributed by atoms with Gasteiger partial charge in [-0.05, 0) is 59.4 Å². The molecule has 1 aliphatic carbocycles. The lowest BCUT2D eigenvalue weighted by molar-refractivity contribution is 0.0529. The number of nitrogens with one attached hydrogen (secondary N) is 1. The van der Waals surface area contributed by atoms with Crippen LogP contribution in [0.25, 0.3) is 10.2 Å². The van der Waals surface area contributed by atoms with Crippen LogP contribution in [-0.4, -0.2) is 40.8 Å². The van der Waals surface area contributed by atoms with Crippen LogP contribution in [0, 0.1) is 6.92 Å². The van der Waals surface area contributed by atoms with Gasteiger partial charge < -0.3 is 9.47 Å². The first-order valence-electron chi connectivity index (χ1n) is 10.3. The number of thiophene rings is 1. The van der Waals surface area contributed by atoms with Gasteiger partial charge in [0.1, 0.15) is 10.4 Å².